The molecule has 23 heavy (non-hydrogen) atoms. The molecule has 1 aromatic carbocycles. The average molecular weight is 331 g/mol. The van der Waals surface area contributed by atoms with E-state index in [1.54, 1.807) is 0 Å². The molecule has 1 fully saturated rings. The lowest BCUT2D eigenvalue weighted by molar-refractivity contribution is -0.131. The van der Waals surface area contributed by atoms with E-state index in [2.05, 4.69) is 17.1 Å². The second-order valence-corrected chi connectivity index (χ2v) is 6.79. The van der Waals surface area contributed by atoms with Crippen LogP contribution in [0.2, 0.25) is 0 Å². The van der Waals surface area contributed by atoms with Gasteiger partial charge in [0.2, 0.25) is 17.6 Å². The predicted molar refractivity (Wildman–Crippen MR) is 90.9 cm³/mol. The zero-order valence-corrected chi connectivity index (χ0v) is 14.1. The molecular weight excluding hydrogens is 310 g/mol. The second-order valence-electron chi connectivity index (χ2n) is 5.80. The van der Waals surface area contributed by atoms with E-state index in [1.807, 2.05) is 35.2 Å². The van der Waals surface area contributed by atoms with Crippen molar-refractivity contribution in [1.82, 2.24) is 15.0 Å². The smallest absolute Gasteiger partial charge is 0.236 e. The Bertz CT molecular complexity index is 644. The Kier molecular flexibility index (Phi) is 5.33. The molecule has 1 aliphatic rings. The van der Waals surface area contributed by atoms with Crippen LogP contribution < -0.4 is 0 Å². The van der Waals surface area contributed by atoms with Gasteiger partial charge in [-0.1, -0.05) is 35.5 Å². The van der Waals surface area contributed by atoms with Gasteiger partial charge in [-0.25, -0.2) is 0 Å². The lowest BCUT2D eigenvalue weighted by Gasteiger charge is -2.33. The van der Waals surface area contributed by atoms with E-state index in [4.69, 9.17) is 4.52 Å². The molecule has 0 saturated carbocycles. The highest BCUT2D eigenvalue weighted by atomic mass is 32.2. The Morgan fingerprint density at radius 2 is 2.17 bits per heavy atom. The van der Waals surface area contributed by atoms with Gasteiger partial charge >= 0.3 is 0 Å². The normalized spacial score (nSPS) is 18.1. The van der Waals surface area contributed by atoms with Crippen molar-refractivity contribution in [2.45, 2.75) is 38.0 Å². The maximum Gasteiger partial charge on any atom is 0.236 e. The summed E-state index contributed by atoms with van der Waals surface area (Å²) in [6.45, 7) is 3.02. The summed E-state index contributed by atoms with van der Waals surface area (Å²) in [4.78, 5) is 18.6. The van der Waals surface area contributed by atoms with E-state index in [-0.39, 0.29) is 5.91 Å². The number of piperidine rings is 1. The van der Waals surface area contributed by atoms with E-state index in [1.165, 1.54) is 18.2 Å². The van der Waals surface area contributed by atoms with Crippen LogP contribution in [0.15, 0.2) is 34.9 Å². The van der Waals surface area contributed by atoms with Crippen molar-refractivity contribution in [3.63, 3.8) is 0 Å². The Hall–Kier alpha value is -1.82. The maximum absolute atomic E-state index is 12.3. The predicted octanol–water partition coefficient (Wildman–Crippen LogP) is 3.37. The third-order valence-corrected chi connectivity index (χ3v) is 4.98. The third kappa shape index (κ3) is 4.13. The Morgan fingerprint density at radius 1 is 1.35 bits per heavy atom. The van der Waals surface area contributed by atoms with Crippen molar-refractivity contribution in [3.05, 3.63) is 36.2 Å². The van der Waals surface area contributed by atoms with Crippen LogP contribution in [0.1, 0.15) is 32.1 Å². The molecule has 5 nitrogen and oxygen atoms in total. The van der Waals surface area contributed by atoms with Crippen LogP contribution in [0.4, 0.5) is 0 Å². The minimum absolute atomic E-state index is 0.213. The van der Waals surface area contributed by atoms with Gasteiger partial charge in [0.05, 0.1) is 11.5 Å². The highest BCUT2D eigenvalue weighted by Gasteiger charge is 2.22. The molecule has 2 aromatic rings. The second kappa shape index (κ2) is 7.64. The van der Waals surface area contributed by atoms with Crippen molar-refractivity contribution < 1.29 is 9.32 Å². The van der Waals surface area contributed by atoms with Gasteiger partial charge in [0.1, 0.15) is 0 Å². The first-order valence-electron chi connectivity index (χ1n) is 7.99. The summed E-state index contributed by atoms with van der Waals surface area (Å²) >= 11 is 1.53. The SMILES string of the molecule is C[C@H]1CCCCN1C(=O)CSCc1nc(-c2ccccc2)no1. The minimum Gasteiger partial charge on any atom is -0.339 e. The van der Waals surface area contributed by atoms with Crippen LogP contribution in [-0.2, 0) is 10.5 Å². The number of likely N-dealkylation sites (tertiary alicyclic amines) is 1. The summed E-state index contributed by atoms with van der Waals surface area (Å²) in [5.41, 5.74) is 0.936. The molecule has 0 aliphatic carbocycles. The van der Waals surface area contributed by atoms with Crippen LogP contribution >= 0.6 is 11.8 Å². The lowest BCUT2D eigenvalue weighted by Crippen LogP contribution is -2.42. The minimum atomic E-state index is 0.213. The number of thioether (sulfide) groups is 1. The van der Waals surface area contributed by atoms with Gasteiger partial charge in [-0.05, 0) is 26.2 Å². The van der Waals surface area contributed by atoms with Crippen molar-refractivity contribution in [1.29, 1.82) is 0 Å². The van der Waals surface area contributed by atoms with Crippen LogP contribution in [-0.4, -0.2) is 39.3 Å². The number of amides is 1. The van der Waals surface area contributed by atoms with Gasteiger partial charge in [0, 0.05) is 18.2 Å². The van der Waals surface area contributed by atoms with E-state index >= 15 is 0 Å². The Balaban J connectivity index is 1.49. The molecule has 1 aromatic heterocycles. The van der Waals surface area contributed by atoms with Crippen molar-refractivity contribution in [3.8, 4) is 11.4 Å². The zero-order chi connectivity index (χ0) is 16.1. The summed E-state index contributed by atoms with van der Waals surface area (Å²) in [5.74, 6) is 2.40. The molecule has 122 valence electrons. The first kappa shape index (κ1) is 16.1. The fourth-order valence-electron chi connectivity index (χ4n) is 2.80. The summed E-state index contributed by atoms with van der Waals surface area (Å²) in [6, 6.07) is 10.1. The van der Waals surface area contributed by atoms with Crippen LogP contribution in [0.5, 0.6) is 0 Å². The number of rotatable bonds is 5. The first-order valence-corrected chi connectivity index (χ1v) is 9.15. The number of nitrogens with zero attached hydrogens (tertiary/aromatic N) is 3. The fraction of sp³-hybridized carbons (Fsp3) is 0.471. The highest BCUT2D eigenvalue weighted by Crippen LogP contribution is 2.20. The number of carbonyl (C=O) groups excluding carboxylic acids is 1. The Morgan fingerprint density at radius 3 is 2.96 bits per heavy atom. The van der Waals surface area contributed by atoms with E-state index in [0.29, 0.717) is 29.3 Å². The molecule has 3 rings (SSSR count). The molecule has 0 N–H and O–H groups in total. The maximum atomic E-state index is 12.3. The van der Waals surface area contributed by atoms with Crippen LogP contribution in [0.3, 0.4) is 0 Å². The van der Waals surface area contributed by atoms with Gasteiger partial charge in [-0.3, -0.25) is 4.79 Å². The molecule has 0 unspecified atom stereocenters. The molecule has 0 radical (unpaired) electrons. The standard InChI is InChI=1S/C17H21N3O2S/c1-13-7-5-6-10-20(13)16(21)12-23-11-15-18-17(19-22-15)14-8-3-2-4-9-14/h2-4,8-9,13H,5-7,10-12H2,1H3/t13-/m0/s1. The molecule has 2 heterocycles. The summed E-state index contributed by atoms with van der Waals surface area (Å²) in [7, 11) is 0. The quantitative estimate of drug-likeness (QED) is 0.840. The van der Waals surface area contributed by atoms with E-state index in [9.17, 15) is 4.79 Å². The zero-order valence-electron chi connectivity index (χ0n) is 13.3. The monoisotopic (exact) mass is 331 g/mol. The van der Waals surface area contributed by atoms with Crippen LogP contribution in [0.25, 0.3) is 11.4 Å². The van der Waals surface area contributed by atoms with Gasteiger partial charge in [-0.15, -0.1) is 11.8 Å². The van der Waals surface area contributed by atoms with E-state index in [0.717, 1.165) is 24.9 Å². The number of benzene rings is 1. The van der Waals surface area contributed by atoms with Gasteiger partial charge < -0.3 is 9.42 Å². The summed E-state index contributed by atoms with van der Waals surface area (Å²) < 4.78 is 5.26. The highest BCUT2D eigenvalue weighted by molar-refractivity contribution is 7.99. The topological polar surface area (TPSA) is 59.2 Å². The summed E-state index contributed by atoms with van der Waals surface area (Å²) in [6.07, 6.45) is 3.45. The summed E-state index contributed by atoms with van der Waals surface area (Å²) in [5, 5.41) is 3.99. The number of hydrogen-bond donors (Lipinski definition) is 0. The van der Waals surface area contributed by atoms with Gasteiger partial charge in [0.15, 0.2) is 0 Å². The van der Waals surface area contributed by atoms with Crippen molar-refractivity contribution >= 4 is 17.7 Å². The van der Waals surface area contributed by atoms with E-state index < -0.39 is 0 Å². The van der Waals surface area contributed by atoms with Crippen molar-refractivity contribution in [2.75, 3.05) is 12.3 Å². The van der Waals surface area contributed by atoms with Gasteiger partial charge in [-0.2, -0.15) is 4.98 Å². The molecule has 1 amide bonds. The lowest BCUT2D eigenvalue weighted by atomic mass is 10.0. The van der Waals surface area contributed by atoms with Crippen molar-refractivity contribution in [2.24, 2.45) is 0 Å². The molecule has 1 atom stereocenters. The third-order valence-electron chi connectivity index (χ3n) is 4.07. The average Bonchev–Trinajstić information content (AvgIpc) is 3.05. The number of aromatic nitrogens is 2. The molecule has 6 heteroatoms. The molecule has 0 bridgehead atoms. The Labute approximate surface area is 140 Å². The van der Waals surface area contributed by atoms with Gasteiger partial charge in [0.25, 0.3) is 0 Å². The molecule has 0 spiro atoms. The largest absolute Gasteiger partial charge is 0.339 e. The molecule has 1 aliphatic heterocycles. The molecule has 1 saturated heterocycles. The fourth-order valence-corrected chi connectivity index (χ4v) is 3.53. The first-order chi connectivity index (χ1) is 11.2. The molecular formula is C17H21N3O2S. The van der Waals surface area contributed by atoms with Crippen LogP contribution in [0, 0.1) is 0 Å². The number of hydrogen-bond acceptors (Lipinski definition) is 5. The number of carbonyl (C=O) groups is 1.